The third-order valence-electron chi connectivity index (χ3n) is 3.69. The Morgan fingerprint density at radius 1 is 1.33 bits per heavy atom. The van der Waals surface area contributed by atoms with Crippen LogP contribution in [0, 0.1) is 5.41 Å². The Hall–Kier alpha value is -1.63. The first-order valence-electron chi connectivity index (χ1n) is 5.75. The maximum absolute atomic E-state index is 12.1. The van der Waals surface area contributed by atoms with E-state index in [1.54, 1.807) is 11.7 Å². The number of thiazole rings is 1. The molecule has 0 saturated carbocycles. The molecule has 2 aliphatic rings. The van der Waals surface area contributed by atoms with E-state index in [-0.39, 0.29) is 11.3 Å². The summed E-state index contributed by atoms with van der Waals surface area (Å²) in [6.07, 6.45) is 1.61. The topological polar surface area (TPSA) is 73.7 Å². The van der Waals surface area contributed by atoms with Crippen LogP contribution in [0.4, 0.5) is 4.79 Å². The molecule has 1 aromatic rings. The molecular formula is C11H13N3O3S. The van der Waals surface area contributed by atoms with Gasteiger partial charge in [-0.05, 0) is 6.42 Å². The zero-order valence-corrected chi connectivity index (χ0v) is 10.5. The minimum Gasteiger partial charge on any atom is -0.465 e. The Morgan fingerprint density at radius 2 is 2.06 bits per heavy atom. The number of likely N-dealkylation sites (tertiary alicyclic amines) is 2. The normalized spacial score (nSPS) is 21.1. The summed E-state index contributed by atoms with van der Waals surface area (Å²) in [5.74, 6) is 0.0168. The minimum absolute atomic E-state index is 0.00125. The van der Waals surface area contributed by atoms with Gasteiger partial charge < -0.3 is 14.9 Å². The lowest BCUT2D eigenvalue weighted by Crippen LogP contribution is -2.59. The van der Waals surface area contributed by atoms with Crippen LogP contribution in [0.3, 0.4) is 0 Å². The van der Waals surface area contributed by atoms with Gasteiger partial charge in [-0.2, -0.15) is 0 Å². The molecule has 3 rings (SSSR count). The van der Waals surface area contributed by atoms with Gasteiger partial charge in [0, 0.05) is 31.6 Å². The highest BCUT2D eigenvalue weighted by molar-refractivity contribution is 7.11. The monoisotopic (exact) mass is 267 g/mol. The zero-order valence-electron chi connectivity index (χ0n) is 9.70. The number of amides is 2. The molecule has 1 aromatic heterocycles. The van der Waals surface area contributed by atoms with Crippen molar-refractivity contribution in [3.8, 4) is 0 Å². The van der Waals surface area contributed by atoms with E-state index in [0.29, 0.717) is 31.1 Å². The van der Waals surface area contributed by atoms with Crippen molar-refractivity contribution in [2.45, 2.75) is 6.42 Å². The summed E-state index contributed by atoms with van der Waals surface area (Å²) in [4.78, 5) is 30.7. The second-order valence-electron chi connectivity index (χ2n) is 4.98. The first-order chi connectivity index (χ1) is 8.60. The van der Waals surface area contributed by atoms with Crippen molar-refractivity contribution in [1.82, 2.24) is 14.8 Å². The van der Waals surface area contributed by atoms with E-state index in [1.165, 1.54) is 16.2 Å². The number of carbonyl (C=O) groups excluding carboxylic acids is 1. The van der Waals surface area contributed by atoms with Crippen LogP contribution in [0.1, 0.15) is 16.1 Å². The fourth-order valence-corrected chi connectivity index (χ4v) is 3.33. The average Bonchev–Trinajstić information content (AvgIpc) is 2.95. The van der Waals surface area contributed by atoms with E-state index in [2.05, 4.69) is 4.98 Å². The fourth-order valence-electron chi connectivity index (χ4n) is 2.74. The van der Waals surface area contributed by atoms with Crippen LogP contribution in [0.5, 0.6) is 0 Å². The Bertz CT molecular complexity index is 482. The lowest BCUT2D eigenvalue weighted by Gasteiger charge is -2.46. The number of carbonyl (C=O) groups is 2. The predicted molar refractivity (Wildman–Crippen MR) is 64.7 cm³/mol. The Labute approximate surface area is 108 Å². The van der Waals surface area contributed by atoms with E-state index in [1.807, 2.05) is 4.90 Å². The number of nitrogens with zero attached hydrogens (tertiary/aromatic N) is 3. The summed E-state index contributed by atoms with van der Waals surface area (Å²) in [7, 11) is 0. The summed E-state index contributed by atoms with van der Waals surface area (Å²) >= 11 is 1.34. The molecule has 1 spiro atoms. The Kier molecular flexibility index (Phi) is 2.51. The van der Waals surface area contributed by atoms with Gasteiger partial charge in [-0.1, -0.05) is 0 Å². The smallest absolute Gasteiger partial charge is 0.407 e. The summed E-state index contributed by atoms with van der Waals surface area (Å²) in [6, 6.07) is 0. The van der Waals surface area contributed by atoms with Crippen LogP contribution in [-0.4, -0.2) is 58.1 Å². The molecule has 1 N–H and O–H groups in total. The molecular weight excluding hydrogens is 254 g/mol. The second-order valence-corrected chi connectivity index (χ2v) is 5.87. The summed E-state index contributed by atoms with van der Waals surface area (Å²) in [6.45, 7) is 2.47. The lowest BCUT2D eigenvalue weighted by atomic mass is 9.79. The van der Waals surface area contributed by atoms with E-state index in [4.69, 9.17) is 5.11 Å². The number of hydrogen-bond donors (Lipinski definition) is 1. The molecule has 96 valence electrons. The van der Waals surface area contributed by atoms with Crippen molar-refractivity contribution in [1.29, 1.82) is 0 Å². The third-order valence-corrected chi connectivity index (χ3v) is 4.45. The molecule has 0 bridgehead atoms. The van der Waals surface area contributed by atoms with Crippen molar-refractivity contribution < 1.29 is 14.7 Å². The predicted octanol–water partition coefficient (Wildman–Crippen LogP) is 0.969. The largest absolute Gasteiger partial charge is 0.465 e. The first-order valence-corrected chi connectivity index (χ1v) is 6.63. The molecule has 2 aliphatic heterocycles. The van der Waals surface area contributed by atoms with Gasteiger partial charge in [-0.3, -0.25) is 9.78 Å². The van der Waals surface area contributed by atoms with Gasteiger partial charge in [0.2, 0.25) is 0 Å². The molecule has 2 saturated heterocycles. The van der Waals surface area contributed by atoms with Gasteiger partial charge in [0.15, 0.2) is 0 Å². The molecule has 0 radical (unpaired) electrons. The Balaban J connectivity index is 1.63. The van der Waals surface area contributed by atoms with Gasteiger partial charge in [0.25, 0.3) is 5.91 Å². The number of aromatic nitrogens is 1. The third kappa shape index (κ3) is 1.74. The van der Waals surface area contributed by atoms with Crippen LogP contribution >= 0.6 is 11.3 Å². The van der Waals surface area contributed by atoms with Crippen molar-refractivity contribution in [3.63, 3.8) is 0 Å². The van der Waals surface area contributed by atoms with Crippen LogP contribution in [0.2, 0.25) is 0 Å². The van der Waals surface area contributed by atoms with E-state index >= 15 is 0 Å². The quantitative estimate of drug-likeness (QED) is 0.822. The molecule has 6 nitrogen and oxygen atoms in total. The van der Waals surface area contributed by atoms with Crippen LogP contribution in [0.15, 0.2) is 11.7 Å². The first kappa shape index (κ1) is 11.5. The summed E-state index contributed by atoms with van der Waals surface area (Å²) in [5.41, 5.74) is 1.65. The van der Waals surface area contributed by atoms with Gasteiger partial charge in [-0.15, -0.1) is 11.3 Å². The fraction of sp³-hybridized carbons (Fsp3) is 0.545. The molecule has 3 heterocycles. The molecule has 0 aliphatic carbocycles. The molecule has 0 aromatic carbocycles. The van der Waals surface area contributed by atoms with Gasteiger partial charge in [-0.25, -0.2) is 4.79 Å². The van der Waals surface area contributed by atoms with Crippen molar-refractivity contribution in [3.05, 3.63) is 16.6 Å². The number of rotatable bonds is 1. The summed E-state index contributed by atoms with van der Waals surface area (Å²) < 4.78 is 0. The van der Waals surface area contributed by atoms with Gasteiger partial charge in [0.05, 0.1) is 11.7 Å². The molecule has 0 unspecified atom stereocenters. The van der Waals surface area contributed by atoms with E-state index in [0.717, 1.165) is 6.42 Å². The van der Waals surface area contributed by atoms with E-state index in [9.17, 15) is 9.59 Å². The summed E-state index contributed by atoms with van der Waals surface area (Å²) in [5, 5.41) is 8.84. The Morgan fingerprint density at radius 3 is 2.67 bits per heavy atom. The molecule has 2 amide bonds. The highest BCUT2D eigenvalue weighted by atomic mass is 32.1. The maximum Gasteiger partial charge on any atom is 0.407 e. The van der Waals surface area contributed by atoms with Crippen LogP contribution < -0.4 is 0 Å². The molecule has 7 heteroatoms. The van der Waals surface area contributed by atoms with Crippen molar-refractivity contribution >= 4 is 23.3 Å². The highest BCUT2D eigenvalue weighted by Crippen LogP contribution is 2.39. The van der Waals surface area contributed by atoms with Gasteiger partial charge >= 0.3 is 6.09 Å². The standard InChI is InChI=1S/C11H13N3O3S/c15-9(8-3-12-7-18-8)13-2-1-11(4-13)5-14(6-11)10(16)17/h3,7H,1-2,4-6H2,(H,16,17). The lowest BCUT2D eigenvalue weighted by molar-refractivity contribution is 0.0170. The molecule has 0 atom stereocenters. The minimum atomic E-state index is -0.868. The zero-order chi connectivity index (χ0) is 12.8. The van der Waals surface area contributed by atoms with Crippen molar-refractivity contribution in [2.75, 3.05) is 26.2 Å². The molecule has 18 heavy (non-hydrogen) atoms. The molecule has 2 fully saturated rings. The van der Waals surface area contributed by atoms with Gasteiger partial charge in [0.1, 0.15) is 4.88 Å². The maximum atomic E-state index is 12.1. The number of hydrogen-bond acceptors (Lipinski definition) is 4. The van der Waals surface area contributed by atoms with Crippen LogP contribution in [-0.2, 0) is 0 Å². The highest BCUT2D eigenvalue weighted by Gasteiger charge is 2.50. The second kappa shape index (κ2) is 3.94. The van der Waals surface area contributed by atoms with E-state index < -0.39 is 6.09 Å². The van der Waals surface area contributed by atoms with Crippen molar-refractivity contribution in [2.24, 2.45) is 5.41 Å². The number of carboxylic acid groups (broad SMARTS) is 1. The SMILES string of the molecule is O=C(O)N1CC2(CCN(C(=O)c3cncs3)C2)C1. The average molecular weight is 267 g/mol. The van der Waals surface area contributed by atoms with Crippen LogP contribution in [0.25, 0.3) is 0 Å².